The topological polar surface area (TPSA) is 103 Å². The Hall–Kier alpha value is -1.66. The van der Waals surface area contributed by atoms with Crippen LogP contribution in [-0.4, -0.2) is 45.5 Å². The maximum atomic E-state index is 10.8. The monoisotopic (exact) mass is 212 g/mol. The summed E-state index contributed by atoms with van der Waals surface area (Å²) in [7, 11) is 0. The molecule has 0 saturated heterocycles. The highest BCUT2D eigenvalue weighted by Gasteiger charge is 2.10. The van der Waals surface area contributed by atoms with Crippen molar-refractivity contribution in [3.63, 3.8) is 0 Å². The molecule has 0 fully saturated rings. The average molecular weight is 212 g/mol. The van der Waals surface area contributed by atoms with E-state index in [1.165, 1.54) is 18.5 Å². The van der Waals surface area contributed by atoms with Gasteiger partial charge in [0, 0.05) is 12.7 Å². The summed E-state index contributed by atoms with van der Waals surface area (Å²) in [6, 6.07) is 1.36. The van der Waals surface area contributed by atoms with Gasteiger partial charge in [-0.25, -0.2) is 4.79 Å². The lowest BCUT2D eigenvalue weighted by molar-refractivity contribution is 0.0697. The molecule has 1 rings (SSSR count). The number of pyridine rings is 1. The largest absolute Gasteiger partial charge is 0.478 e. The van der Waals surface area contributed by atoms with E-state index in [1.54, 1.807) is 0 Å². The Kier molecular flexibility index (Phi) is 4.02. The Labute approximate surface area is 86.2 Å². The Bertz CT molecular complexity index is 343. The Morgan fingerprint density at radius 2 is 2.33 bits per heavy atom. The van der Waals surface area contributed by atoms with Gasteiger partial charge in [0.05, 0.1) is 30.2 Å². The van der Waals surface area contributed by atoms with E-state index in [-0.39, 0.29) is 18.7 Å². The fourth-order valence-electron chi connectivity index (χ4n) is 1.01. The number of hydrogen-bond donors (Lipinski definition) is 4. The molecule has 1 aromatic heterocycles. The van der Waals surface area contributed by atoms with Gasteiger partial charge in [0.2, 0.25) is 0 Å². The molecule has 0 bridgehead atoms. The zero-order valence-corrected chi connectivity index (χ0v) is 7.92. The van der Waals surface area contributed by atoms with Crippen molar-refractivity contribution in [1.29, 1.82) is 0 Å². The van der Waals surface area contributed by atoms with Crippen LogP contribution in [0.3, 0.4) is 0 Å². The zero-order valence-electron chi connectivity index (χ0n) is 7.92. The number of hydrogen-bond acceptors (Lipinski definition) is 5. The number of carboxylic acid groups (broad SMARTS) is 1. The van der Waals surface area contributed by atoms with Crippen molar-refractivity contribution in [3.8, 4) is 0 Å². The molecule has 6 nitrogen and oxygen atoms in total. The Balaban J connectivity index is 2.72. The molecule has 1 aromatic rings. The highest BCUT2D eigenvalue weighted by Crippen LogP contribution is 2.12. The van der Waals surface area contributed by atoms with Gasteiger partial charge in [-0.05, 0) is 6.07 Å². The van der Waals surface area contributed by atoms with E-state index >= 15 is 0 Å². The van der Waals surface area contributed by atoms with Crippen LogP contribution in [0.2, 0.25) is 0 Å². The lowest BCUT2D eigenvalue weighted by Crippen LogP contribution is -2.23. The summed E-state index contributed by atoms with van der Waals surface area (Å²) in [5.41, 5.74) is 0.396. The highest BCUT2D eigenvalue weighted by atomic mass is 16.4. The second kappa shape index (κ2) is 5.28. The van der Waals surface area contributed by atoms with Crippen molar-refractivity contribution in [2.75, 3.05) is 18.5 Å². The summed E-state index contributed by atoms with van der Waals surface area (Å²) >= 11 is 0. The van der Waals surface area contributed by atoms with Crippen LogP contribution < -0.4 is 5.32 Å². The Morgan fingerprint density at radius 3 is 2.93 bits per heavy atom. The maximum absolute atomic E-state index is 10.8. The number of carboxylic acids is 1. The van der Waals surface area contributed by atoms with Crippen molar-refractivity contribution >= 4 is 11.7 Å². The second-order valence-electron chi connectivity index (χ2n) is 2.94. The molecule has 6 heteroatoms. The summed E-state index contributed by atoms with van der Waals surface area (Å²) in [6.07, 6.45) is 1.80. The molecule has 0 spiro atoms. The van der Waals surface area contributed by atoms with Crippen molar-refractivity contribution in [3.05, 3.63) is 24.0 Å². The molecule has 15 heavy (non-hydrogen) atoms. The SMILES string of the molecule is O=C(O)c1ccncc1NCC(O)CO. The molecule has 1 unspecified atom stereocenters. The Morgan fingerprint density at radius 1 is 1.60 bits per heavy atom. The van der Waals surface area contributed by atoms with Gasteiger partial charge >= 0.3 is 5.97 Å². The van der Waals surface area contributed by atoms with Crippen LogP contribution in [0, 0.1) is 0 Å². The summed E-state index contributed by atoms with van der Waals surface area (Å²) < 4.78 is 0. The molecule has 0 amide bonds. The van der Waals surface area contributed by atoms with E-state index in [2.05, 4.69) is 10.3 Å². The van der Waals surface area contributed by atoms with E-state index in [0.717, 1.165) is 0 Å². The molecular weight excluding hydrogens is 200 g/mol. The summed E-state index contributed by atoms with van der Waals surface area (Å²) in [4.78, 5) is 14.5. The third-order valence-electron chi connectivity index (χ3n) is 1.79. The standard InChI is InChI=1S/C9H12N2O4/c12-5-6(13)3-11-8-4-10-2-1-7(8)9(14)15/h1-2,4,6,11-13H,3,5H2,(H,14,15). The van der Waals surface area contributed by atoms with Gasteiger partial charge in [-0.2, -0.15) is 0 Å². The molecule has 0 aromatic carbocycles. The molecule has 4 N–H and O–H groups in total. The van der Waals surface area contributed by atoms with Crippen LogP contribution in [-0.2, 0) is 0 Å². The first-order chi connectivity index (χ1) is 7.15. The number of anilines is 1. The molecule has 0 radical (unpaired) electrons. The lowest BCUT2D eigenvalue weighted by Gasteiger charge is -2.11. The molecule has 0 aliphatic carbocycles. The van der Waals surface area contributed by atoms with Crippen LogP contribution in [0.15, 0.2) is 18.5 Å². The molecule has 82 valence electrons. The fourth-order valence-corrected chi connectivity index (χ4v) is 1.01. The second-order valence-corrected chi connectivity index (χ2v) is 2.94. The number of aliphatic hydroxyl groups is 2. The minimum absolute atomic E-state index is 0.0719. The van der Waals surface area contributed by atoms with Gasteiger partial charge in [-0.15, -0.1) is 0 Å². The van der Waals surface area contributed by atoms with Gasteiger partial charge < -0.3 is 20.6 Å². The predicted octanol–water partition coefficient (Wildman–Crippen LogP) is -0.455. The fraction of sp³-hybridized carbons (Fsp3) is 0.333. The molecule has 0 saturated carbocycles. The third kappa shape index (κ3) is 3.19. The van der Waals surface area contributed by atoms with Crippen molar-refractivity contribution in [2.24, 2.45) is 0 Å². The summed E-state index contributed by atoms with van der Waals surface area (Å²) in [6.45, 7) is -0.307. The lowest BCUT2D eigenvalue weighted by atomic mass is 10.2. The number of aromatic carboxylic acids is 1. The minimum atomic E-state index is -1.07. The minimum Gasteiger partial charge on any atom is -0.478 e. The van der Waals surface area contributed by atoms with Crippen LogP contribution in [0.4, 0.5) is 5.69 Å². The normalized spacial score (nSPS) is 12.1. The van der Waals surface area contributed by atoms with E-state index in [1.807, 2.05) is 0 Å². The maximum Gasteiger partial charge on any atom is 0.337 e. The highest BCUT2D eigenvalue weighted by molar-refractivity contribution is 5.93. The van der Waals surface area contributed by atoms with Crippen LogP contribution >= 0.6 is 0 Å². The van der Waals surface area contributed by atoms with Crippen molar-refractivity contribution in [2.45, 2.75) is 6.10 Å². The molecule has 1 heterocycles. The number of rotatable bonds is 5. The van der Waals surface area contributed by atoms with Gasteiger partial charge in [0.15, 0.2) is 0 Å². The van der Waals surface area contributed by atoms with Crippen LogP contribution in [0.1, 0.15) is 10.4 Å². The third-order valence-corrected chi connectivity index (χ3v) is 1.79. The summed E-state index contributed by atoms with van der Waals surface area (Å²) in [5.74, 6) is -1.07. The first kappa shape index (κ1) is 11.4. The van der Waals surface area contributed by atoms with E-state index in [9.17, 15) is 4.79 Å². The quantitative estimate of drug-likeness (QED) is 0.527. The molecule has 1 atom stereocenters. The zero-order chi connectivity index (χ0) is 11.3. The first-order valence-corrected chi connectivity index (χ1v) is 4.35. The van der Waals surface area contributed by atoms with Crippen LogP contribution in [0.25, 0.3) is 0 Å². The average Bonchev–Trinajstić information content (AvgIpc) is 2.26. The first-order valence-electron chi connectivity index (χ1n) is 4.35. The molecule has 0 aliphatic heterocycles. The van der Waals surface area contributed by atoms with Crippen molar-refractivity contribution in [1.82, 2.24) is 4.98 Å². The summed E-state index contributed by atoms with van der Waals surface area (Å²) in [5, 5.41) is 29.1. The van der Waals surface area contributed by atoms with Crippen LogP contribution in [0.5, 0.6) is 0 Å². The van der Waals surface area contributed by atoms with E-state index < -0.39 is 12.1 Å². The molecular formula is C9H12N2O4. The van der Waals surface area contributed by atoms with Crippen molar-refractivity contribution < 1.29 is 20.1 Å². The number of carbonyl (C=O) groups is 1. The van der Waals surface area contributed by atoms with E-state index in [0.29, 0.717) is 5.69 Å². The number of nitrogens with one attached hydrogen (secondary N) is 1. The van der Waals surface area contributed by atoms with Gasteiger partial charge in [-0.1, -0.05) is 0 Å². The number of nitrogens with zero attached hydrogens (tertiary/aromatic N) is 1. The predicted molar refractivity (Wildman–Crippen MR) is 52.8 cm³/mol. The van der Waals surface area contributed by atoms with Gasteiger partial charge in [0.25, 0.3) is 0 Å². The van der Waals surface area contributed by atoms with Gasteiger partial charge in [0.1, 0.15) is 0 Å². The number of aromatic nitrogens is 1. The molecule has 0 aliphatic rings. The van der Waals surface area contributed by atoms with E-state index in [4.69, 9.17) is 15.3 Å². The van der Waals surface area contributed by atoms with Gasteiger partial charge in [-0.3, -0.25) is 4.98 Å². The smallest absolute Gasteiger partial charge is 0.337 e. The number of aliphatic hydroxyl groups excluding tert-OH is 2.